The van der Waals surface area contributed by atoms with E-state index in [4.69, 9.17) is 14.2 Å². The van der Waals surface area contributed by atoms with Crippen molar-refractivity contribution in [1.29, 1.82) is 0 Å². The van der Waals surface area contributed by atoms with Crippen LogP contribution in [0.25, 0.3) is 11.3 Å². The van der Waals surface area contributed by atoms with E-state index in [9.17, 15) is 9.59 Å². The molecule has 3 aromatic rings. The molecule has 8 heteroatoms. The first-order chi connectivity index (χ1) is 14.5. The summed E-state index contributed by atoms with van der Waals surface area (Å²) in [7, 11) is 4.61. The molecule has 8 nitrogen and oxygen atoms in total. The summed E-state index contributed by atoms with van der Waals surface area (Å²) in [6, 6.07) is 14.6. The van der Waals surface area contributed by atoms with Crippen molar-refractivity contribution in [1.82, 2.24) is 9.78 Å². The number of ether oxygens (including phenoxy) is 3. The van der Waals surface area contributed by atoms with E-state index in [1.807, 2.05) is 0 Å². The quantitative estimate of drug-likeness (QED) is 0.645. The molecule has 156 valence electrons. The third kappa shape index (κ3) is 4.43. The Morgan fingerprint density at radius 2 is 1.50 bits per heavy atom. The van der Waals surface area contributed by atoms with Crippen molar-refractivity contribution in [2.75, 3.05) is 26.6 Å². The summed E-state index contributed by atoms with van der Waals surface area (Å²) in [4.78, 5) is 25.3. The Kier molecular flexibility index (Phi) is 6.36. The van der Waals surface area contributed by atoms with Crippen LogP contribution in [0, 0.1) is 0 Å². The molecule has 1 N–H and O–H groups in total. The molecule has 0 aliphatic rings. The lowest BCUT2D eigenvalue weighted by Gasteiger charge is -2.17. The maximum Gasteiger partial charge on any atom is 0.271 e. The highest BCUT2D eigenvalue weighted by Gasteiger charge is 2.21. The van der Waals surface area contributed by atoms with E-state index in [1.54, 1.807) is 69.7 Å². The van der Waals surface area contributed by atoms with Crippen molar-refractivity contribution in [3.63, 3.8) is 0 Å². The van der Waals surface area contributed by atoms with Crippen molar-refractivity contribution in [3.05, 3.63) is 65.0 Å². The predicted octanol–water partition coefficient (Wildman–Crippen LogP) is 3.14. The standard InChI is InChI=1S/C22H23N3O5/c1-14(22(27)23-16-7-11-18(29-3)12-8-16)25-20(26)13-19(30-4)21(24-25)15-5-9-17(28-2)10-6-15/h5-14H,1-4H3,(H,23,27)/t14-/m0/s1. The Bertz CT molecular complexity index is 1080. The summed E-state index contributed by atoms with van der Waals surface area (Å²) in [5.74, 6) is 1.32. The Morgan fingerprint density at radius 1 is 0.933 bits per heavy atom. The molecule has 0 saturated carbocycles. The third-order valence-electron chi connectivity index (χ3n) is 4.61. The SMILES string of the molecule is COc1ccc(NC(=O)[C@H](C)n2nc(-c3ccc(OC)cc3)c(OC)cc2=O)cc1. The lowest BCUT2D eigenvalue weighted by Crippen LogP contribution is -2.33. The number of benzene rings is 2. The van der Waals surface area contributed by atoms with Crippen molar-refractivity contribution < 1.29 is 19.0 Å². The van der Waals surface area contributed by atoms with Gasteiger partial charge in [-0.3, -0.25) is 9.59 Å². The molecule has 1 amide bonds. The molecule has 0 saturated heterocycles. The average molecular weight is 409 g/mol. The number of carbonyl (C=O) groups is 1. The smallest absolute Gasteiger partial charge is 0.271 e. The van der Waals surface area contributed by atoms with Crippen LogP contribution in [0.4, 0.5) is 5.69 Å². The van der Waals surface area contributed by atoms with Crippen molar-refractivity contribution in [2.24, 2.45) is 0 Å². The van der Waals surface area contributed by atoms with Gasteiger partial charge in [0.2, 0.25) is 5.91 Å². The second kappa shape index (κ2) is 9.13. The van der Waals surface area contributed by atoms with E-state index >= 15 is 0 Å². The van der Waals surface area contributed by atoms with Gasteiger partial charge in [-0.25, -0.2) is 4.68 Å². The van der Waals surface area contributed by atoms with Crippen molar-refractivity contribution >= 4 is 11.6 Å². The van der Waals surface area contributed by atoms with Crippen LogP contribution in [0.2, 0.25) is 0 Å². The van der Waals surface area contributed by atoms with E-state index < -0.39 is 11.6 Å². The Hall–Kier alpha value is -3.81. The summed E-state index contributed by atoms with van der Waals surface area (Å²) in [6.45, 7) is 1.61. The molecule has 0 unspecified atom stereocenters. The molecule has 0 fully saturated rings. The van der Waals surface area contributed by atoms with Gasteiger partial charge in [0, 0.05) is 17.3 Å². The Labute approximate surface area is 174 Å². The normalized spacial score (nSPS) is 11.5. The van der Waals surface area contributed by atoms with Crippen LogP contribution in [0.5, 0.6) is 17.2 Å². The summed E-state index contributed by atoms with van der Waals surface area (Å²) in [5, 5.41) is 7.20. The molecule has 0 spiro atoms. The molecule has 0 aliphatic carbocycles. The lowest BCUT2D eigenvalue weighted by atomic mass is 10.1. The third-order valence-corrected chi connectivity index (χ3v) is 4.61. The minimum atomic E-state index is -0.845. The van der Waals surface area contributed by atoms with Crippen LogP contribution in [0.3, 0.4) is 0 Å². The first kappa shape index (κ1) is 20.9. The predicted molar refractivity (Wildman–Crippen MR) is 113 cm³/mol. The molecule has 30 heavy (non-hydrogen) atoms. The second-order valence-corrected chi connectivity index (χ2v) is 6.47. The number of nitrogens with zero attached hydrogens (tertiary/aromatic N) is 2. The Morgan fingerprint density at radius 3 is 2.03 bits per heavy atom. The summed E-state index contributed by atoms with van der Waals surface area (Å²) in [6.07, 6.45) is 0. The van der Waals surface area contributed by atoms with Crippen LogP contribution in [-0.4, -0.2) is 37.0 Å². The monoisotopic (exact) mass is 409 g/mol. The average Bonchev–Trinajstić information content (AvgIpc) is 2.79. The van der Waals surface area contributed by atoms with Crippen LogP contribution < -0.4 is 25.1 Å². The number of methoxy groups -OCH3 is 3. The van der Waals surface area contributed by atoms with Gasteiger partial charge in [-0.05, 0) is 55.5 Å². The fourth-order valence-electron chi connectivity index (χ4n) is 2.87. The topological polar surface area (TPSA) is 91.7 Å². The van der Waals surface area contributed by atoms with Crippen LogP contribution in [-0.2, 0) is 4.79 Å². The zero-order chi connectivity index (χ0) is 21.7. The molecular formula is C22H23N3O5. The number of aromatic nitrogens is 2. The molecule has 2 aromatic carbocycles. The number of rotatable bonds is 7. The van der Waals surface area contributed by atoms with E-state index in [1.165, 1.54) is 13.2 Å². The number of hydrogen-bond acceptors (Lipinski definition) is 6. The zero-order valence-corrected chi connectivity index (χ0v) is 17.2. The molecule has 1 heterocycles. The van der Waals surface area contributed by atoms with Crippen LogP contribution in [0.1, 0.15) is 13.0 Å². The fourth-order valence-corrected chi connectivity index (χ4v) is 2.87. The summed E-state index contributed by atoms with van der Waals surface area (Å²) < 4.78 is 16.8. The minimum absolute atomic E-state index is 0.323. The van der Waals surface area contributed by atoms with Crippen LogP contribution in [0.15, 0.2) is 59.4 Å². The number of carbonyl (C=O) groups excluding carboxylic acids is 1. The van der Waals surface area contributed by atoms with Gasteiger partial charge >= 0.3 is 0 Å². The first-order valence-corrected chi connectivity index (χ1v) is 9.24. The maximum atomic E-state index is 12.7. The van der Waals surface area contributed by atoms with Gasteiger partial charge in [0.1, 0.15) is 23.2 Å². The van der Waals surface area contributed by atoms with Gasteiger partial charge in [-0.1, -0.05) is 0 Å². The van der Waals surface area contributed by atoms with Gasteiger partial charge in [0.15, 0.2) is 5.75 Å². The van der Waals surface area contributed by atoms with E-state index in [0.717, 1.165) is 10.2 Å². The van der Waals surface area contributed by atoms with Gasteiger partial charge in [-0.15, -0.1) is 0 Å². The highest BCUT2D eigenvalue weighted by atomic mass is 16.5. The summed E-state index contributed by atoms with van der Waals surface area (Å²) >= 11 is 0. The largest absolute Gasteiger partial charge is 0.497 e. The van der Waals surface area contributed by atoms with E-state index in [0.29, 0.717) is 28.6 Å². The molecule has 3 rings (SSSR count). The summed E-state index contributed by atoms with van der Waals surface area (Å²) in [5.41, 5.74) is 1.32. The highest BCUT2D eigenvalue weighted by Crippen LogP contribution is 2.28. The zero-order valence-electron chi connectivity index (χ0n) is 17.2. The lowest BCUT2D eigenvalue weighted by molar-refractivity contribution is -0.119. The number of hydrogen-bond donors (Lipinski definition) is 1. The number of anilines is 1. The molecule has 0 aliphatic heterocycles. The molecule has 0 radical (unpaired) electrons. The van der Waals surface area contributed by atoms with Gasteiger partial charge in [0.05, 0.1) is 21.3 Å². The fraction of sp³-hybridized carbons (Fsp3) is 0.227. The molecular weight excluding hydrogens is 386 g/mol. The minimum Gasteiger partial charge on any atom is -0.497 e. The number of amides is 1. The van der Waals surface area contributed by atoms with Gasteiger partial charge < -0.3 is 19.5 Å². The molecule has 0 bridgehead atoms. The maximum absolute atomic E-state index is 12.7. The van der Waals surface area contributed by atoms with Crippen molar-refractivity contribution in [2.45, 2.75) is 13.0 Å². The molecule has 1 aromatic heterocycles. The van der Waals surface area contributed by atoms with Gasteiger partial charge in [-0.2, -0.15) is 5.10 Å². The first-order valence-electron chi connectivity index (χ1n) is 9.24. The highest BCUT2D eigenvalue weighted by molar-refractivity contribution is 5.93. The van der Waals surface area contributed by atoms with E-state index in [2.05, 4.69) is 10.4 Å². The molecule has 1 atom stereocenters. The van der Waals surface area contributed by atoms with Gasteiger partial charge in [0.25, 0.3) is 5.56 Å². The van der Waals surface area contributed by atoms with Crippen LogP contribution >= 0.6 is 0 Å². The Balaban J connectivity index is 1.91. The van der Waals surface area contributed by atoms with E-state index in [-0.39, 0.29) is 5.91 Å². The number of nitrogens with one attached hydrogen (secondary N) is 1. The second-order valence-electron chi connectivity index (χ2n) is 6.47. The van der Waals surface area contributed by atoms with Crippen molar-refractivity contribution in [3.8, 4) is 28.5 Å².